The summed E-state index contributed by atoms with van der Waals surface area (Å²) in [5.74, 6) is 0. The van der Waals surface area contributed by atoms with E-state index in [0.717, 1.165) is 45.8 Å². The molecular weight excluding hydrogens is 264 g/mol. The quantitative estimate of drug-likeness (QED) is 0.600. The molecule has 4 nitrogen and oxygen atoms in total. The Hall–Kier alpha value is -0.940. The standard InChI is InChI=1S/C17H30N2O2/c1-4-18-17(16-9-6-5-7-10-16)15-19(12-14-21-3)11-8-13-20-2/h5-7,9-10,17-18H,4,8,11-15H2,1-3H3. The van der Waals surface area contributed by atoms with E-state index in [1.54, 1.807) is 14.2 Å². The highest BCUT2D eigenvalue weighted by atomic mass is 16.5. The predicted octanol–water partition coefficient (Wildman–Crippen LogP) is 2.32. The highest BCUT2D eigenvalue weighted by molar-refractivity contribution is 5.19. The van der Waals surface area contributed by atoms with Gasteiger partial charge in [-0.25, -0.2) is 0 Å². The van der Waals surface area contributed by atoms with E-state index in [1.165, 1.54) is 5.56 Å². The van der Waals surface area contributed by atoms with Gasteiger partial charge < -0.3 is 14.8 Å². The van der Waals surface area contributed by atoms with Gasteiger partial charge in [-0.05, 0) is 18.5 Å². The van der Waals surface area contributed by atoms with Crippen LogP contribution in [0, 0.1) is 0 Å². The first-order chi connectivity index (χ1) is 10.3. The fourth-order valence-electron chi connectivity index (χ4n) is 2.43. The first kappa shape index (κ1) is 18.1. The number of nitrogens with one attached hydrogen (secondary N) is 1. The van der Waals surface area contributed by atoms with Crippen LogP contribution in [-0.2, 0) is 9.47 Å². The lowest BCUT2D eigenvalue weighted by molar-refractivity contribution is 0.126. The second-order valence-corrected chi connectivity index (χ2v) is 5.16. The van der Waals surface area contributed by atoms with Crippen LogP contribution in [0.1, 0.15) is 24.9 Å². The Morgan fingerprint density at radius 1 is 1.05 bits per heavy atom. The molecule has 1 N–H and O–H groups in total. The maximum Gasteiger partial charge on any atom is 0.0589 e. The maximum atomic E-state index is 5.23. The Balaban J connectivity index is 2.61. The van der Waals surface area contributed by atoms with Crippen molar-refractivity contribution in [2.45, 2.75) is 19.4 Å². The van der Waals surface area contributed by atoms with Gasteiger partial charge in [0.1, 0.15) is 0 Å². The lowest BCUT2D eigenvalue weighted by Crippen LogP contribution is -2.38. The predicted molar refractivity (Wildman–Crippen MR) is 87.7 cm³/mol. The van der Waals surface area contributed by atoms with Crippen LogP contribution in [0.5, 0.6) is 0 Å². The summed E-state index contributed by atoms with van der Waals surface area (Å²) in [5, 5.41) is 3.58. The van der Waals surface area contributed by atoms with Crippen LogP contribution in [0.25, 0.3) is 0 Å². The lowest BCUT2D eigenvalue weighted by Gasteiger charge is -2.28. The molecular formula is C17H30N2O2. The zero-order valence-electron chi connectivity index (χ0n) is 13.7. The largest absolute Gasteiger partial charge is 0.385 e. The van der Waals surface area contributed by atoms with E-state index < -0.39 is 0 Å². The molecule has 21 heavy (non-hydrogen) atoms. The van der Waals surface area contributed by atoms with E-state index >= 15 is 0 Å². The van der Waals surface area contributed by atoms with E-state index in [0.29, 0.717) is 6.04 Å². The van der Waals surface area contributed by atoms with Crippen molar-refractivity contribution in [2.75, 3.05) is 53.6 Å². The van der Waals surface area contributed by atoms with Gasteiger partial charge in [0.15, 0.2) is 0 Å². The normalized spacial score (nSPS) is 12.8. The number of rotatable bonds is 12. The summed E-state index contributed by atoms with van der Waals surface area (Å²) in [7, 11) is 3.51. The van der Waals surface area contributed by atoms with Crippen molar-refractivity contribution in [3.05, 3.63) is 35.9 Å². The molecule has 0 heterocycles. The molecule has 0 aromatic heterocycles. The molecule has 1 rings (SSSR count). The zero-order chi connectivity index (χ0) is 15.3. The highest BCUT2D eigenvalue weighted by Crippen LogP contribution is 2.14. The minimum absolute atomic E-state index is 0.357. The van der Waals surface area contributed by atoms with Gasteiger partial charge in [0.2, 0.25) is 0 Å². The monoisotopic (exact) mass is 294 g/mol. The number of hydrogen-bond acceptors (Lipinski definition) is 4. The second kappa shape index (κ2) is 11.7. The third kappa shape index (κ3) is 7.58. The van der Waals surface area contributed by atoms with E-state index in [2.05, 4.69) is 47.5 Å². The fraction of sp³-hybridized carbons (Fsp3) is 0.647. The second-order valence-electron chi connectivity index (χ2n) is 5.16. The zero-order valence-corrected chi connectivity index (χ0v) is 13.7. The summed E-state index contributed by atoms with van der Waals surface area (Å²) in [4.78, 5) is 2.45. The van der Waals surface area contributed by atoms with Crippen LogP contribution in [0.4, 0.5) is 0 Å². The van der Waals surface area contributed by atoms with Crippen LogP contribution in [-0.4, -0.2) is 58.5 Å². The summed E-state index contributed by atoms with van der Waals surface area (Å²) in [6.45, 7) is 7.67. The van der Waals surface area contributed by atoms with E-state index in [1.807, 2.05) is 0 Å². The summed E-state index contributed by atoms with van der Waals surface area (Å²) in [5.41, 5.74) is 1.34. The molecule has 0 saturated heterocycles. The topological polar surface area (TPSA) is 33.7 Å². The highest BCUT2D eigenvalue weighted by Gasteiger charge is 2.14. The first-order valence-electron chi connectivity index (χ1n) is 7.80. The number of benzene rings is 1. The van der Waals surface area contributed by atoms with Crippen LogP contribution < -0.4 is 5.32 Å². The molecule has 1 unspecified atom stereocenters. The van der Waals surface area contributed by atoms with E-state index in [4.69, 9.17) is 9.47 Å². The molecule has 0 aliphatic rings. The molecule has 1 aromatic carbocycles. The van der Waals surface area contributed by atoms with Gasteiger partial charge >= 0.3 is 0 Å². The van der Waals surface area contributed by atoms with Crippen molar-refractivity contribution in [3.63, 3.8) is 0 Å². The smallest absolute Gasteiger partial charge is 0.0589 e. The molecule has 0 amide bonds. The molecule has 1 atom stereocenters. The third-order valence-electron chi connectivity index (χ3n) is 3.53. The number of nitrogens with zero attached hydrogens (tertiary/aromatic N) is 1. The van der Waals surface area contributed by atoms with Crippen molar-refractivity contribution < 1.29 is 9.47 Å². The van der Waals surface area contributed by atoms with Gasteiger partial charge in [0.05, 0.1) is 6.61 Å². The molecule has 4 heteroatoms. The van der Waals surface area contributed by atoms with E-state index in [9.17, 15) is 0 Å². The third-order valence-corrected chi connectivity index (χ3v) is 3.53. The average molecular weight is 294 g/mol. The van der Waals surface area contributed by atoms with Crippen molar-refractivity contribution in [3.8, 4) is 0 Å². The van der Waals surface area contributed by atoms with Crippen molar-refractivity contribution >= 4 is 0 Å². The maximum absolute atomic E-state index is 5.23. The number of ether oxygens (including phenoxy) is 2. The van der Waals surface area contributed by atoms with Crippen molar-refractivity contribution in [1.29, 1.82) is 0 Å². The average Bonchev–Trinajstić information content (AvgIpc) is 2.52. The van der Waals surface area contributed by atoms with Gasteiger partial charge in [-0.3, -0.25) is 4.90 Å². The van der Waals surface area contributed by atoms with Crippen molar-refractivity contribution in [2.24, 2.45) is 0 Å². The summed E-state index contributed by atoms with van der Waals surface area (Å²) < 4.78 is 10.4. The summed E-state index contributed by atoms with van der Waals surface area (Å²) >= 11 is 0. The Morgan fingerprint density at radius 3 is 2.38 bits per heavy atom. The Labute approximate surface area is 129 Å². The van der Waals surface area contributed by atoms with Gasteiger partial charge in [0, 0.05) is 46.5 Å². The number of methoxy groups -OCH3 is 2. The molecule has 120 valence electrons. The van der Waals surface area contributed by atoms with Crippen LogP contribution >= 0.6 is 0 Å². The van der Waals surface area contributed by atoms with Gasteiger partial charge in [-0.1, -0.05) is 37.3 Å². The lowest BCUT2D eigenvalue weighted by atomic mass is 10.1. The van der Waals surface area contributed by atoms with E-state index in [-0.39, 0.29) is 0 Å². The van der Waals surface area contributed by atoms with Crippen molar-refractivity contribution in [1.82, 2.24) is 10.2 Å². The number of likely N-dealkylation sites (N-methyl/N-ethyl adjacent to an activating group) is 1. The Bertz CT molecular complexity index is 346. The molecule has 0 bridgehead atoms. The molecule has 0 radical (unpaired) electrons. The molecule has 0 aliphatic heterocycles. The van der Waals surface area contributed by atoms with Gasteiger partial charge in [-0.15, -0.1) is 0 Å². The molecule has 0 spiro atoms. The molecule has 0 saturated carbocycles. The first-order valence-corrected chi connectivity index (χ1v) is 7.80. The number of hydrogen-bond donors (Lipinski definition) is 1. The van der Waals surface area contributed by atoms with Crippen LogP contribution in [0.2, 0.25) is 0 Å². The molecule has 0 fully saturated rings. The SMILES string of the molecule is CCNC(CN(CCCOC)CCOC)c1ccccc1. The minimum Gasteiger partial charge on any atom is -0.385 e. The van der Waals surface area contributed by atoms with Gasteiger partial charge in [0.25, 0.3) is 0 Å². The Kier molecular flexibility index (Phi) is 10.1. The van der Waals surface area contributed by atoms with Gasteiger partial charge in [-0.2, -0.15) is 0 Å². The summed E-state index contributed by atoms with van der Waals surface area (Å²) in [6.07, 6.45) is 1.05. The molecule has 0 aliphatic carbocycles. The van der Waals surface area contributed by atoms with Crippen LogP contribution in [0.3, 0.4) is 0 Å². The van der Waals surface area contributed by atoms with Crippen LogP contribution in [0.15, 0.2) is 30.3 Å². The minimum atomic E-state index is 0.357. The Morgan fingerprint density at radius 2 is 1.76 bits per heavy atom. The summed E-state index contributed by atoms with van der Waals surface area (Å²) in [6, 6.07) is 11.0. The molecule has 1 aromatic rings. The fourth-order valence-corrected chi connectivity index (χ4v) is 2.43.